The predicted octanol–water partition coefficient (Wildman–Crippen LogP) is 11.2. The number of aryl methyl sites for hydroxylation is 1. The SMILES string of the molecule is Cc1ccc2cccc(-c3cc4ccccc4c(N=Nc4ccc(N(C)C)cc4)c3C)c2c1N=Nc1ccc(N(C)C)cc1. The lowest BCUT2D eigenvalue weighted by molar-refractivity contribution is 1.13. The van der Waals surface area contributed by atoms with Crippen molar-refractivity contribution < 1.29 is 0 Å². The Kier molecular flexibility index (Phi) is 7.90. The molecule has 0 aliphatic carbocycles. The summed E-state index contributed by atoms with van der Waals surface area (Å²) >= 11 is 0. The van der Waals surface area contributed by atoms with Crippen molar-refractivity contribution in [2.24, 2.45) is 20.5 Å². The van der Waals surface area contributed by atoms with Gasteiger partial charge in [-0.2, -0.15) is 10.2 Å². The van der Waals surface area contributed by atoms with Crippen LogP contribution in [0, 0.1) is 13.8 Å². The van der Waals surface area contributed by atoms with Crippen LogP contribution in [0.4, 0.5) is 34.1 Å². The molecule has 0 heterocycles. The molecule has 6 rings (SSSR count). The molecular formula is C38H36N6. The van der Waals surface area contributed by atoms with Crippen LogP contribution in [0.3, 0.4) is 0 Å². The fraction of sp³-hybridized carbons (Fsp3) is 0.158. The summed E-state index contributed by atoms with van der Waals surface area (Å²) in [5.74, 6) is 0. The lowest BCUT2D eigenvalue weighted by Gasteiger charge is -2.16. The van der Waals surface area contributed by atoms with Gasteiger partial charge in [0.05, 0.1) is 22.7 Å². The molecule has 0 unspecified atom stereocenters. The number of rotatable bonds is 7. The summed E-state index contributed by atoms with van der Waals surface area (Å²) in [6.07, 6.45) is 0. The van der Waals surface area contributed by atoms with E-state index in [9.17, 15) is 0 Å². The molecule has 0 spiro atoms. The van der Waals surface area contributed by atoms with Crippen molar-refractivity contribution in [3.63, 3.8) is 0 Å². The van der Waals surface area contributed by atoms with Gasteiger partial charge >= 0.3 is 0 Å². The molecule has 6 aromatic rings. The molecule has 44 heavy (non-hydrogen) atoms. The first-order chi connectivity index (χ1) is 21.3. The minimum absolute atomic E-state index is 0.812. The van der Waals surface area contributed by atoms with Crippen molar-refractivity contribution in [3.05, 3.63) is 120 Å². The van der Waals surface area contributed by atoms with Gasteiger partial charge in [0.2, 0.25) is 0 Å². The number of hydrogen-bond acceptors (Lipinski definition) is 6. The van der Waals surface area contributed by atoms with Crippen LogP contribution in [0.2, 0.25) is 0 Å². The topological polar surface area (TPSA) is 55.9 Å². The Bertz CT molecular complexity index is 2020. The number of nitrogens with zero attached hydrogens (tertiary/aromatic N) is 6. The van der Waals surface area contributed by atoms with Crippen molar-refractivity contribution >= 4 is 55.7 Å². The van der Waals surface area contributed by atoms with Crippen LogP contribution in [0.5, 0.6) is 0 Å². The average Bonchev–Trinajstić information content (AvgIpc) is 3.04. The van der Waals surface area contributed by atoms with Gasteiger partial charge in [0.25, 0.3) is 0 Å². The Morgan fingerprint density at radius 1 is 0.477 bits per heavy atom. The molecule has 0 aliphatic heterocycles. The normalized spacial score (nSPS) is 11.7. The van der Waals surface area contributed by atoms with Crippen LogP contribution in [0.1, 0.15) is 11.1 Å². The lowest BCUT2D eigenvalue weighted by atomic mass is 9.90. The number of benzene rings is 6. The van der Waals surface area contributed by atoms with Crippen LogP contribution < -0.4 is 9.80 Å². The second-order valence-electron chi connectivity index (χ2n) is 11.5. The number of fused-ring (bicyclic) bond motifs is 2. The third kappa shape index (κ3) is 5.66. The van der Waals surface area contributed by atoms with Crippen molar-refractivity contribution in [2.75, 3.05) is 38.0 Å². The molecular weight excluding hydrogens is 540 g/mol. The maximum Gasteiger partial charge on any atom is 0.0970 e. The van der Waals surface area contributed by atoms with E-state index in [4.69, 9.17) is 10.2 Å². The lowest BCUT2D eigenvalue weighted by Crippen LogP contribution is -2.07. The number of azo groups is 2. The molecule has 218 valence electrons. The third-order valence-electron chi connectivity index (χ3n) is 8.05. The van der Waals surface area contributed by atoms with Crippen LogP contribution in [-0.2, 0) is 0 Å². The first kappa shape index (κ1) is 28.7. The van der Waals surface area contributed by atoms with E-state index in [-0.39, 0.29) is 0 Å². The molecule has 0 aliphatic rings. The van der Waals surface area contributed by atoms with Gasteiger partial charge in [0.15, 0.2) is 0 Å². The second kappa shape index (κ2) is 12.1. The molecule has 0 saturated heterocycles. The number of anilines is 2. The Morgan fingerprint density at radius 3 is 1.66 bits per heavy atom. The number of hydrogen-bond donors (Lipinski definition) is 0. The van der Waals surface area contributed by atoms with Gasteiger partial charge in [-0.25, -0.2) is 0 Å². The second-order valence-corrected chi connectivity index (χ2v) is 11.5. The molecule has 6 nitrogen and oxygen atoms in total. The van der Waals surface area contributed by atoms with Crippen LogP contribution in [0.15, 0.2) is 130 Å². The summed E-state index contributed by atoms with van der Waals surface area (Å²) in [6.45, 7) is 4.22. The van der Waals surface area contributed by atoms with Gasteiger partial charge in [-0.1, -0.05) is 54.6 Å². The van der Waals surface area contributed by atoms with E-state index in [1.54, 1.807) is 0 Å². The summed E-state index contributed by atoms with van der Waals surface area (Å²) in [6, 6.07) is 37.5. The first-order valence-corrected chi connectivity index (χ1v) is 14.7. The largest absolute Gasteiger partial charge is 0.378 e. The van der Waals surface area contributed by atoms with E-state index < -0.39 is 0 Å². The van der Waals surface area contributed by atoms with Gasteiger partial charge in [0.1, 0.15) is 0 Å². The fourth-order valence-corrected chi connectivity index (χ4v) is 5.51. The zero-order valence-corrected chi connectivity index (χ0v) is 26.1. The first-order valence-electron chi connectivity index (χ1n) is 14.7. The highest BCUT2D eigenvalue weighted by molar-refractivity contribution is 6.08. The Balaban J connectivity index is 1.50. The van der Waals surface area contributed by atoms with E-state index in [0.717, 1.165) is 77.9 Å². The van der Waals surface area contributed by atoms with E-state index in [1.165, 1.54) is 0 Å². The Hall–Kier alpha value is -5.36. The van der Waals surface area contributed by atoms with Crippen molar-refractivity contribution in [1.82, 2.24) is 0 Å². The van der Waals surface area contributed by atoms with Crippen molar-refractivity contribution in [1.29, 1.82) is 0 Å². The predicted molar refractivity (Wildman–Crippen MR) is 186 cm³/mol. The quantitative estimate of drug-likeness (QED) is 0.177. The molecule has 0 bridgehead atoms. The standard InChI is InChI=1S/C38H36N6/c1-25-14-15-27-11-9-13-34(36(27)37(25)41-39-29-16-20-31(21-17-29)43(3)4)35-24-28-10-7-8-12-33(28)38(26(35)2)42-40-30-18-22-32(23-19-30)44(5)6/h7-24H,1-6H3. The minimum atomic E-state index is 0.812. The summed E-state index contributed by atoms with van der Waals surface area (Å²) in [4.78, 5) is 4.14. The molecule has 0 saturated carbocycles. The molecule has 0 amide bonds. The third-order valence-corrected chi connectivity index (χ3v) is 8.05. The van der Waals surface area contributed by atoms with Gasteiger partial charge in [-0.3, -0.25) is 0 Å². The molecule has 0 fully saturated rings. The van der Waals surface area contributed by atoms with E-state index >= 15 is 0 Å². The van der Waals surface area contributed by atoms with Gasteiger partial charge in [-0.05, 0) is 101 Å². The van der Waals surface area contributed by atoms with E-state index in [2.05, 4.69) is 119 Å². The monoisotopic (exact) mass is 576 g/mol. The minimum Gasteiger partial charge on any atom is -0.378 e. The highest BCUT2D eigenvalue weighted by atomic mass is 15.1. The smallest absolute Gasteiger partial charge is 0.0970 e. The molecule has 0 N–H and O–H groups in total. The zero-order chi connectivity index (χ0) is 30.8. The van der Waals surface area contributed by atoms with E-state index in [0.29, 0.717) is 0 Å². The van der Waals surface area contributed by atoms with Gasteiger partial charge < -0.3 is 9.80 Å². The highest BCUT2D eigenvalue weighted by Gasteiger charge is 2.17. The Labute approximate surface area is 259 Å². The molecule has 6 heteroatoms. The molecule has 0 radical (unpaired) electrons. The van der Waals surface area contributed by atoms with Crippen molar-refractivity contribution in [2.45, 2.75) is 13.8 Å². The highest BCUT2D eigenvalue weighted by Crippen LogP contribution is 2.44. The fourth-order valence-electron chi connectivity index (χ4n) is 5.51. The molecule has 6 aromatic carbocycles. The molecule has 0 aromatic heterocycles. The van der Waals surface area contributed by atoms with Gasteiger partial charge in [0, 0.05) is 50.3 Å². The zero-order valence-electron chi connectivity index (χ0n) is 26.1. The molecule has 0 atom stereocenters. The Morgan fingerprint density at radius 2 is 1.05 bits per heavy atom. The maximum atomic E-state index is 4.85. The van der Waals surface area contributed by atoms with Crippen LogP contribution in [-0.4, -0.2) is 28.2 Å². The maximum absolute atomic E-state index is 4.85. The van der Waals surface area contributed by atoms with E-state index in [1.807, 2.05) is 52.5 Å². The summed E-state index contributed by atoms with van der Waals surface area (Å²) < 4.78 is 0. The van der Waals surface area contributed by atoms with Crippen LogP contribution in [0.25, 0.3) is 32.7 Å². The average molecular weight is 577 g/mol. The van der Waals surface area contributed by atoms with Gasteiger partial charge in [-0.15, -0.1) is 10.2 Å². The van der Waals surface area contributed by atoms with Crippen LogP contribution >= 0.6 is 0 Å². The summed E-state index contributed by atoms with van der Waals surface area (Å²) in [5.41, 5.74) is 9.93. The van der Waals surface area contributed by atoms with Crippen molar-refractivity contribution in [3.8, 4) is 11.1 Å². The summed E-state index contributed by atoms with van der Waals surface area (Å²) in [7, 11) is 8.12. The summed E-state index contributed by atoms with van der Waals surface area (Å²) in [5, 5.41) is 23.4.